The van der Waals surface area contributed by atoms with Gasteiger partial charge in [0.05, 0.1) is 26.4 Å². The third-order valence-corrected chi connectivity index (χ3v) is 5.50. The molecule has 1 N–H and O–H groups in total. The van der Waals surface area contributed by atoms with Crippen molar-refractivity contribution in [2.75, 3.05) is 27.9 Å². The summed E-state index contributed by atoms with van der Waals surface area (Å²) in [6.45, 7) is 0.109. The van der Waals surface area contributed by atoms with Gasteiger partial charge in [-0.2, -0.15) is 0 Å². The molecule has 0 heterocycles. The van der Waals surface area contributed by atoms with E-state index >= 15 is 0 Å². The highest BCUT2D eigenvalue weighted by atomic mass is 35.5. The lowest BCUT2D eigenvalue weighted by atomic mass is 10.1. The van der Waals surface area contributed by atoms with E-state index in [2.05, 4.69) is 0 Å². The normalized spacial score (nSPS) is 10.4. The number of nitrogens with zero attached hydrogens (tertiary/aromatic N) is 1. The number of aromatic carboxylic acids is 1. The largest absolute Gasteiger partial charge is 0.493 e. The summed E-state index contributed by atoms with van der Waals surface area (Å²) < 4.78 is 21.8. The minimum absolute atomic E-state index is 0.0533. The van der Waals surface area contributed by atoms with Gasteiger partial charge < -0.3 is 29.0 Å². The summed E-state index contributed by atoms with van der Waals surface area (Å²) in [5, 5.41) is 9.54. The van der Waals surface area contributed by atoms with Crippen molar-refractivity contribution < 1.29 is 33.6 Å². The minimum atomic E-state index is -1.20. The molecule has 0 radical (unpaired) electrons. The first-order chi connectivity index (χ1) is 16.9. The van der Waals surface area contributed by atoms with Gasteiger partial charge in [0.25, 0.3) is 5.91 Å². The van der Waals surface area contributed by atoms with Gasteiger partial charge in [-0.15, -0.1) is 0 Å². The predicted octanol–water partition coefficient (Wildman–Crippen LogP) is 4.67. The van der Waals surface area contributed by atoms with Gasteiger partial charge in [-0.3, -0.25) is 4.79 Å². The second kappa shape index (κ2) is 12.0. The lowest BCUT2D eigenvalue weighted by Crippen LogP contribution is -2.34. The number of ether oxygens (including phenoxy) is 4. The molecule has 1 amide bonds. The van der Waals surface area contributed by atoms with Gasteiger partial charge in [-0.25, -0.2) is 4.79 Å². The SMILES string of the molecule is COc1cc(CN(Cc2ccccc2)C(=O)COc2c(Cl)cccc2C(=O)O)cc(OC)c1OC. The van der Waals surface area contributed by atoms with Crippen LogP contribution in [0, 0.1) is 0 Å². The Morgan fingerprint density at radius 2 is 1.46 bits per heavy atom. The Morgan fingerprint density at radius 1 is 0.829 bits per heavy atom. The summed E-state index contributed by atoms with van der Waals surface area (Å²) in [5.74, 6) is -0.238. The summed E-state index contributed by atoms with van der Waals surface area (Å²) in [6.07, 6.45) is 0. The van der Waals surface area contributed by atoms with Crippen LogP contribution in [0.15, 0.2) is 60.7 Å². The number of rotatable bonds is 11. The maximum atomic E-state index is 13.3. The fourth-order valence-electron chi connectivity index (χ4n) is 3.53. The van der Waals surface area contributed by atoms with Crippen LogP contribution < -0.4 is 18.9 Å². The van der Waals surface area contributed by atoms with Crippen molar-refractivity contribution in [2.24, 2.45) is 0 Å². The van der Waals surface area contributed by atoms with Crippen LogP contribution in [0.2, 0.25) is 5.02 Å². The number of carbonyl (C=O) groups is 2. The molecule has 0 aliphatic carbocycles. The first-order valence-corrected chi connectivity index (χ1v) is 11.0. The van der Waals surface area contributed by atoms with E-state index in [1.165, 1.54) is 39.5 Å². The number of halogens is 1. The van der Waals surface area contributed by atoms with Crippen LogP contribution in [-0.2, 0) is 17.9 Å². The van der Waals surface area contributed by atoms with Crippen molar-refractivity contribution in [3.63, 3.8) is 0 Å². The quantitative estimate of drug-likeness (QED) is 0.409. The van der Waals surface area contributed by atoms with E-state index in [-0.39, 0.29) is 28.8 Å². The van der Waals surface area contributed by atoms with E-state index in [4.69, 9.17) is 30.5 Å². The van der Waals surface area contributed by atoms with E-state index in [1.54, 1.807) is 17.0 Å². The molecule has 0 atom stereocenters. The first-order valence-electron chi connectivity index (χ1n) is 10.6. The van der Waals surface area contributed by atoms with Crippen LogP contribution in [0.3, 0.4) is 0 Å². The van der Waals surface area contributed by atoms with E-state index in [9.17, 15) is 14.7 Å². The molecule has 0 saturated heterocycles. The Hall–Kier alpha value is -3.91. The lowest BCUT2D eigenvalue weighted by molar-refractivity contribution is -0.134. The molecule has 0 unspecified atom stereocenters. The number of para-hydroxylation sites is 1. The van der Waals surface area contributed by atoms with Crippen molar-refractivity contribution >= 4 is 23.5 Å². The van der Waals surface area contributed by atoms with Crippen LogP contribution in [0.25, 0.3) is 0 Å². The molecule has 0 aromatic heterocycles. The predicted molar refractivity (Wildman–Crippen MR) is 131 cm³/mol. The third kappa shape index (κ3) is 6.36. The summed E-state index contributed by atoms with van der Waals surface area (Å²) in [7, 11) is 4.56. The molecular weight excluding hydrogens is 474 g/mol. The monoisotopic (exact) mass is 499 g/mol. The summed E-state index contributed by atoms with van der Waals surface area (Å²) in [4.78, 5) is 26.4. The molecule has 35 heavy (non-hydrogen) atoms. The van der Waals surface area contributed by atoms with E-state index in [1.807, 2.05) is 30.3 Å². The number of benzene rings is 3. The molecule has 3 aromatic carbocycles. The molecule has 0 bridgehead atoms. The fourth-order valence-corrected chi connectivity index (χ4v) is 3.76. The molecule has 9 heteroatoms. The van der Waals surface area contributed by atoms with Gasteiger partial charge in [-0.05, 0) is 35.4 Å². The number of carboxylic acids is 1. The molecular formula is C26H26ClNO7. The highest BCUT2D eigenvalue weighted by Crippen LogP contribution is 2.38. The van der Waals surface area contributed by atoms with Crippen molar-refractivity contribution in [3.8, 4) is 23.0 Å². The van der Waals surface area contributed by atoms with Gasteiger partial charge in [-0.1, -0.05) is 48.0 Å². The summed E-state index contributed by atoms with van der Waals surface area (Å²) in [6, 6.07) is 17.4. The molecule has 0 aliphatic rings. The fraction of sp³-hybridized carbons (Fsp3) is 0.231. The Morgan fingerprint density at radius 3 is 2.03 bits per heavy atom. The highest BCUT2D eigenvalue weighted by molar-refractivity contribution is 6.32. The van der Waals surface area contributed by atoms with E-state index < -0.39 is 12.6 Å². The number of methoxy groups -OCH3 is 3. The Bertz CT molecular complexity index is 1160. The number of carboxylic acid groups (broad SMARTS) is 1. The molecule has 0 aliphatic heterocycles. The summed E-state index contributed by atoms with van der Waals surface area (Å²) >= 11 is 6.14. The third-order valence-electron chi connectivity index (χ3n) is 5.20. The van der Waals surface area contributed by atoms with Gasteiger partial charge in [0.15, 0.2) is 23.9 Å². The van der Waals surface area contributed by atoms with Gasteiger partial charge in [0.1, 0.15) is 5.56 Å². The maximum absolute atomic E-state index is 13.3. The molecule has 0 spiro atoms. The van der Waals surface area contributed by atoms with Gasteiger partial charge in [0.2, 0.25) is 5.75 Å². The summed E-state index contributed by atoms with van der Waals surface area (Å²) in [5.41, 5.74) is 1.54. The number of hydrogen-bond acceptors (Lipinski definition) is 6. The van der Waals surface area contributed by atoms with Crippen LogP contribution in [-0.4, -0.2) is 49.8 Å². The maximum Gasteiger partial charge on any atom is 0.339 e. The minimum Gasteiger partial charge on any atom is -0.493 e. The van der Waals surface area contributed by atoms with Crippen molar-refractivity contribution in [2.45, 2.75) is 13.1 Å². The lowest BCUT2D eigenvalue weighted by Gasteiger charge is -2.24. The van der Waals surface area contributed by atoms with Crippen LogP contribution in [0.4, 0.5) is 0 Å². The average molecular weight is 500 g/mol. The smallest absolute Gasteiger partial charge is 0.339 e. The Balaban J connectivity index is 1.88. The van der Waals surface area contributed by atoms with Crippen LogP contribution in [0.1, 0.15) is 21.5 Å². The molecule has 3 rings (SSSR count). The zero-order chi connectivity index (χ0) is 25.4. The van der Waals surface area contributed by atoms with Crippen molar-refractivity contribution in [3.05, 3.63) is 82.4 Å². The number of carbonyl (C=O) groups excluding carboxylic acids is 1. The highest BCUT2D eigenvalue weighted by Gasteiger charge is 2.21. The van der Waals surface area contributed by atoms with E-state index in [0.29, 0.717) is 23.8 Å². The second-order valence-corrected chi connectivity index (χ2v) is 7.89. The Kier molecular flexibility index (Phi) is 8.80. The molecule has 0 saturated carbocycles. The van der Waals surface area contributed by atoms with Gasteiger partial charge >= 0.3 is 5.97 Å². The molecule has 0 fully saturated rings. The standard InChI is InChI=1S/C26H26ClNO7/c1-32-21-12-18(13-22(33-2)25(21)34-3)15-28(14-17-8-5-4-6-9-17)23(29)16-35-24-19(26(30)31)10-7-11-20(24)27/h4-13H,14-16H2,1-3H3,(H,30,31). The van der Waals surface area contributed by atoms with Gasteiger partial charge in [0, 0.05) is 13.1 Å². The Labute approximate surface area is 208 Å². The number of hydrogen-bond donors (Lipinski definition) is 1. The molecule has 8 nitrogen and oxygen atoms in total. The molecule has 3 aromatic rings. The van der Waals surface area contributed by atoms with Crippen molar-refractivity contribution in [1.29, 1.82) is 0 Å². The second-order valence-electron chi connectivity index (χ2n) is 7.48. The van der Waals surface area contributed by atoms with E-state index in [0.717, 1.165) is 11.1 Å². The topological polar surface area (TPSA) is 94.5 Å². The average Bonchev–Trinajstić information content (AvgIpc) is 2.87. The van der Waals surface area contributed by atoms with Crippen LogP contribution in [0.5, 0.6) is 23.0 Å². The zero-order valence-corrected chi connectivity index (χ0v) is 20.4. The first kappa shape index (κ1) is 25.7. The van der Waals surface area contributed by atoms with Crippen molar-refractivity contribution in [1.82, 2.24) is 4.90 Å². The number of amides is 1. The van der Waals surface area contributed by atoms with Crippen LogP contribution >= 0.6 is 11.6 Å². The molecule has 184 valence electrons. The zero-order valence-electron chi connectivity index (χ0n) is 19.6.